The van der Waals surface area contributed by atoms with Crippen LogP contribution in [0.4, 0.5) is 0 Å². The molecule has 0 radical (unpaired) electrons. The van der Waals surface area contributed by atoms with Crippen LogP contribution in [0.3, 0.4) is 0 Å². The Balaban J connectivity index is 2.44. The molecular weight excluding hydrogens is 251 g/mol. The molecule has 0 saturated heterocycles. The topological polar surface area (TPSA) is 38.9 Å². The van der Waals surface area contributed by atoms with Gasteiger partial charge in [-0.25, -0.2) is 4.98 Å². The Hall–Kier alpha value is 0.0400. The predicted octanol–water partition coefficient (Wildman–Crippen LogP) is 3.36. The minimum Gasteiger partial charge on any atom is -0.327 e. The van der Waals surface area contributed by atoms with Crippen LogP contribution in [0.25, 0.3) is 0 Å². The molecule has 1 rings (SSSR count). The molecule has 1 heterocycles. The standard InChI is InChI=1S/C10H14Cl2N2S/c1-2-8(13)6-15-5-7-3-4-9(11)14-10(7)12/h3-4,8H,2,5-6,13H2,1H3. The van der Waals surface area contributed by atoms with E-state index in [1.807, 2.05) is 6.07 Å². The van der Waals surface area contributed by atoms with Crippen molar-refractivity contribution in [3.8, 4) is 0 Å². The SMILES string of the molecule is CCC(N)CSCc1ccc(Cl)nc1Cl. The second-order valence-corrected chi connectivity index (χ2v) is 5.04. The number of nitrogens with zero attached hydrogens (tertiary/aromatic N) is 1. The molecule has 1 aromatic heterocycles. The van der Waals surface area contributed by atoms with Gasteiger partial charge in [0.25, 0.3) is 0 Å². The summed E-state index contributed by atoms with van der Waals surface area (Å²) < 4.78 is 0. The molecule has 0 amide bonds. The summed E-state index contributed by atoms with van der Waals surface area (Å²) in [4.78, 5) is 3.98. The van der Waals surface area contributed by atoms with Gasteiger partial charge in [0, 0.05) is 17.5 Å². The van der Waals surface area contributed by atoms with E-state index in [9.17, 15) is 0 Å². The summed E-state index contributed by atoms with van der Waals surface area (Å²) in [7, 11) is 0. The number of aromatic nitrogens is 1. The monoisotopic (exact) mass is 264 g/mol. The molecule has 0 aliphatic rings. The highest BCUT2D eigenvalue weighted by molar-refractivity contribution is 7.98. The first-order valence-corrected chi connectivity index (χ1v) is 6.68. The Morgan fingerprint density at radius 2 is 2.20 bits per heavy atom. The molecule has 84 valence electrons. The third-order valence-electron chi connectivity index (χ3n) is 2.01. The van der Waals surface area contributed by atoms with Crippen LogP contribution in [-0.4, -0.2) is 16.8 Å². The molecule has 15 heavy (non-hydrogen) atoms. The number of rotatable bonds is 5. The molecule has 1 unspecified atom stereocenters. The van der Waals surface area contributed by atoms with E-state index in [0.29, 0.717) is 10.3 Å². The number of hydrogen-bond acceptors (Lipinski definition) is 3. The highest BCUT2D eigenvalue weighted by atomic mass is 35.5. The van der Waals surface area contributed by atoms with Gasteiger partial charge in [-0.2, -0.15) is 11.8 Å². The zero-order chi connectivity index (χ0) is 11.3. The fourth-order valence-corrected chi connectivity index (χ4v) is 2.59. The fourth-order valence-electron chi connectivity index (χ4n) is 0.987. The summed E-state index contributed by atoms with van der Waals surface area (Å²) >= 11 is 13.4. The van der Waals surface area contributed by atoms with E-state index in [1.165, 1.54) is 0 Å². The quantitative estimate of drug-likeness (QED) is 0.830. The van der Waals surface area contributed by atoms with Crippen molar-refractivity contribution < 1.29 is 0 Å². The molecule has 0 aliphatic carbocycles. The van der Waals surface area contributed by atoms with E-state index in [1.54, 1.807) is 17.8 Å². The van der Waals surface area contributed by atoms with E-state index in [0.717, 1.165) is 23.5 Å². The third kappa shape index (κ3) is 4.60. The maximum atomic E-state index is 5.94. The van der Waals surface area contributed by atoms with Crippen molar-refractivity contribution in [2.24, 2.45) is 5.73 Å². The fraction of sp³-hybridized carbons (Fsp3) is 0.500. The van der Waals surface area contributed by atoms with Crippen molar-refractivity contribution in [3.63, 3.8) is 0 Å². The van der Waals surface area contributed by atoms with Gasteiger partial charge in [0.2, 0.25) is 0 Å². The summed E-state index contributed by atoms with van der Waals surface area (Å²) in [6.45, 7) is 2.09. The average molecular weight is 265 g/mol. The Kier molecular flexibility index (Phi) is 5.75. The molecule has 1 aromatic rings. The van der Waals surface area contributed by atoms with E-state index >= 15 is 0 Å². The minimum atomic E-state index is 0.258. The van der Waals surface area contributed by atoms with Crippen molar-refractivity contribution in [1.82, 2.24) is 4.98 Å². The Morgan fingerprint density at radius 1 is 1.47 bits per heavy atom. The van der Waals surface area contributed by atoms with Gasteiger partial charge in [-0.3, -0.25) is 0 Å². The van der Waals surface area contributed by atoms with Crippen molar-refractivity contribution in [3.05, 3.63) is 28.0 Å². The largest absolute Gasteiger partial charge is 0.327 e. The zero-order valence-electron chi connectivity index (χ0n) is 8.54. The zero-order valence-corrected chi connectivity index (χ0v) is 10.9. The summed E-state index contributed by atoms with van der Waals surface area (Å²) in [5.41, 5.74) is 6.82. The number of halogens is 2. The van der Waals surface area contributed by atoms with Crippen molar-refractivity contribution in [2.45, 2.75) is 25.1 Å². The Morgan fingerprint density at radius 3 is 2.80 bits per heavy atom. The minimum absolute atomic E-state index is 0.258. The van der Waals surface area contributed by atoms with Crippen LogP contribution < -0.4 is 5.73 Å². The predicted molar refractivity (Wildman–Crippen MR) is 68.7 cm³/mol. The van der Waals surface area contributed by atoms with Crippen LogP contribution >= 0.6 is 35.0 Å². The smallest absolute Gasteiger partial charge is 0.134 e. The molecule has 0 spiro atoms. The van der Waals surface area contributed by atoms with E-state index < -0.39 is 0 Å². The van der Waals surface area contributed by atoms with Crippen LogP contribution in [0.1, 0.15) is 18.9 Å². The average Bonchev–Trinajstić information content (AvgIpc) is 2.21. The lowest BCUT2D eigenvalue weighted by molar-refractivity contribution is 0.725. The van der Waals surface area contributed by atoms with E-state index in [-0.39, 0.29) is 6.04 Å². The van der Waals surface area contributed by atoms with E-state index in [4.69, 9.17) is 28.9 Å². The molecule has 1 atom stereocenters. The van der Waals surface area contributed by atoms with Crippen LogP contribution in [0.2, 0.25) is 10.3 Å². The Labute approximate surface area is 105 Å². The van der Waals surface area contributed by atoms with Crippen LogP contribution in [0.15, 0.2) is 12.1 Å². The normalized spacial score (nSPS) is 12.8. The number of hydrogen-bond donors (Lipinski definition) is 1. The lowest BCUT2D eigenvalue weighted by atomic mass is 10.3. The third-order valence-corrected chi connectivity index (χ3v) is 3.72. The highest BCUT2D eigenvalue weighted by Crippen LogP contribution is 2.21. The molecule has 0 aliphatic heterocycles. The summed E-state index contributed by atoms with van der Waals surface area (Å²) in [5, 5.41) is 0.916. The first-order valence-electron chi connectivity index (χ1n) is 4.77. The molecule has 0 bridgehead atoms. The van der Waals surface area contributed by atoms with Gasteiger partial charge in [-0.1, -0.05) is 36.2 Å². The van der Waals surface area contributed by atoms with Crippen LogP contribution in [-0.2, 0) is 5.75 Å². The van der Waals surface area contributed by atoms with Gasteiger partial charge in [-0.15, -0.1) is 0 Å². The van der Waals surface area contributed by atoms with Crippen molar-refractivity contribution in [2.75, 3.05) is 5.75 Å². The molecule has 2 N–H and O–H groups in total. The highest BCUT2D eigenvalue weighted by Gasteiger charge is 2.04. The molecule has 0 fully saturated rings. The molecule has 0 saturated carbocycles. The molecular formula is C10H14Cl2N2S. The second kappa shape index (κ2) is 6.59. The first kappa shape index (κ1) is 13.1. The molecule has 2 nitrogen and oxygen atoms in total. The van der Waals surface area contributed by atoms with Crippen molar-refractivity contribution in [1.29, 1.82) is 0 Å². The number of nitrogens with two attached hydrogens (primary N) is 1. The van der Waals surface area contributed by atoms with Gasteiger partial charge in [0.1, 0.15) is 10.3 Å². The molecule has 5 heteroatoms. The first-order chi connectivity index (χ1) is 7.13. The lowest BCUT2D eigenvalue weighted by Crippen LogP contribution is -2.21. The second-order valence-electron chi connectivity index (χ2n) is 3.27. The van der Waals surface area contributed by atoms with Gasteiger partial charge >= 0.3 is 0 Å². The summed E-state index contributed by atoms with van der Waals surface area (Å²) in [5.74, 6) is 1.77. The molecule has 0 aromatic carbocycles. The van der Waals surface area contributed by atoms with Crippen LogP contribution in [0.5, 0.6) is 0 Å². The van der Waals surface area contributed by atoms with Gasteiger partial charge in [-0.05, 0) is 18.1 Å². The maximum absolute atomic E-state index is 5.94. The Bertz CT molecular complexity index is 320. The summed E-state index contributed by atoms with van der Waals surface area (Å²) in [6, 6.07) is 3.92. The summed E-state index contributed by atoms with van der Waals surface area (Å²) in [6.07, 6.45) is 1.000. The number of pyridine rings is 1. The van der Waals surface area contributed by atoms with Crippen LogP contribution in [0, 0.1) is 0 Å². The maximum Gasteiger partial charge on any atom is 0.134 e. The van der Waals surface area contributed by atoms with Crippen molar-refractivity contribution >= 4 is 35.0 Å². The van der Waals surface area contributed by atoms with E-state index in [2.05, 4.69) is 11.9 Å². The van der Waals surface area contributed by atoms with Gasteiger partial charge in [0.15, 0.2) is 0 Å². The number of thioether (sulfide) groups is 1. The van der Waals surface area contributed by atoms with Gasteiger partial charge in [0.05, 0.1) is 0 Å². The lowest BCUT2D eigenvalue weighted by Gasteiger charge is -2.08. The van der Waals surface area contributed by atoms with Gasteiger partial charge < -0.3 is 5.73 Å².